The Labute approximate surface area is 129 Å². The van der Waals surface area contributed by atoms with Crippen molar-refractivity contribution < 1.29 is 18.3 Å². The van der Waals surface area contributed by atoms with E-state index in [-0.39, 0.29) is 17.8 Å². The first-order valence-electron chi connectivity index (χ1n) is 6.41. The van der Waals surface area contributed by atoms with Crippen molar-refractivity contribution in [1.29, 1.82) is 0 Å². The minimum Gasteiger partial charge on any atom is -0.494 e. The third-order valence-corrected chi connectivity index (χ3v) is 3.61. The van der Waals surface area contributed by atoms with Crippen LogP contribution in [-0.2, 0) is 6.42 Å². The fourth-order valence-corrected chi connectivity index (χ4v) is 2.51. The predicted octanol–water partition coefficient (Wildman–Crippen LogP) is 4.55. The summed E-state index contributed by atoms with van der Waals surface area (Å²) in [5.41, 5.74) is 0.143. The molecule has 0 N–H and O–H groups in total. The van der Waals surface area contributed by atoms with Crippen LogP contribution in [0.5, 0.6) is 5.75 Å². The van der Waals surface area contributed by atoms with Gasteiger partial charge in [-0.2, -0.15) is 0 Å². The molecule has 0 bridgehead atoms. The molecule has 0 amide bonds. The zero-order valence-corrected chi connectivity index (χ0v) is 12.9. The number of carbonyl (C=O) groups is 1. The molecule has 2 aromatic rings. The molecule has 0 unspecified atom stereocenters. The summed E-state index contributed by atoms with van der Waals surface area (Å²) in [5, 5.41) is 0. The van der Waals surface area contributed by atoms with Crippen LogP contribution < -0.4 is 4.74 Å². The van der Waals surface area contributed by atoms with Crippen molar-refractivity contribution >= 4 is 21.7 Å². The molecule has 2 aromatic carbocycles. The van der Waals surface area contributed by atoms with Crippen molar-refractivity contribution in [2.75, 3.05) is 6.61 Å². The van der Waals surface area contributed by atoms with Gasteiger partial charge in [-0.15, -0.1) is 0 Å². The van der Waals surface area contributed by atoms with Crippen LogP contribution in [0.1, 0.15) is 22.8 Å². The number of halogens is 3. The first-order valence-corrected chi connectivity index (χ1v) is 7.20. The lowest BCUT2D eigenvalue weighted by Gasteiger charge is -2.08. The molecule has 0 aromatic heterocycles. The van der Waals surface area contributed by atoms with Crippen molar-refractivity contribution in [3.8, 4) is 5.75 Å². The molecule has 0 heterocycles. The highest BCUT2D eigenvalue weighted by Crippen LogP contribution is 2.25. The average Bonchev–Trinajstić information content (AvgIpc) is 2.43. The summed E-state index contributed by atoms with van der Waals surface area (Å²) in [6, 6.07) is 8.44. The van der Waals surface area contributed by atoms with Crippen LogP contribution in [-0.4, -0.2) is 12.4 Å². The van der Waals surface area contributed by atoms with Gasteiger partial charge in [-0.3, -0.25) is 4.79 Å². The maximum absolute atomic E-state index is 13.6. The monoisotopic (exact) mass is 354 g/mol. The molecule has 5 heteroatoms. The van der Waals surface area contributed by atoms with Gasteiger partial charge in [-0.1, -0.05) is 6.07 Å². The number of ether oxygens (including phenoxy) is 1. The lowest BCUT2D eigenvalue weighted by Crippen LogP contribution is -2.08. The summed E-state index contributed by atoms with van der Waals surface area (Å²) in [4.78, 5) is 12.2. The molecule has 0 aliphatic rings. The highest BCUT2D eigenvalue weighted by atomic mass is 79.9. The van der Waals surface area contributed by atoms with E-state index < -0.39 is 11.6 Å². The standard InChI is InChI=1S/C16H13BrF2O2/c1-2-21-10-6-7-11(13(17)8-10)16(20)9-12-14(18)4-3-5-15(12)19/h3-8H,2,9H2,1H3. The Balaban J connectivity index is 2.25. The van der Waals surface area contributed by atoms with Gasteiger partial charge >= 0.3 is 0 Å². The Kier molecular flexibility index (Phi) is 5.07. The Morgan fingerprint density at radius 1 is 1.19 bits per heavy atom. The lowest BCUT2D eigenvalue weighted by atomic mass is 10.0. The van der Waals surface area contributed by atoms with E-state index in [4.69, 9.17) is 4.74 Å². The molecule has 0 saturated carbocycles. The van der Waals surface area contributed by atoms with Gasteiger partial charge in [-0.25, -0.2) is 8.78 Å². The minimum absolute atomic E-state index is 0.219. The van der Waals surface area contributed by atoms with Crippen LogP contribution in [0, 0.1) is 11.6 Å². The fourth-order valence-electron chi connectivity index (χ4n) is 1.94. The third kappa shape index (κ3) is 3.67. The summed E-state index contributed by atoms with van der Waals surface area (Å²) in [5.74, 6) is -1.18. The van der Waals surface area contributed by atoms with E-state index in [0.29, 0.717) is 22.4 Å². The topological polar surface area (TPSA) is 26.3 Å². The molecule has 0 saturated heterocycles. The third-order valence-electron chi connectivity index (χ3n) is 2.95. The second kappa shape index (κ2) is 6.80. The van der Waals surface area contributed by atoms with Crippen molar-refractivity contribution in [2.24, 2.45) is 0 Å². The highest BCUT2D eigenvalue weighted by Gasteiger charge is 2.16. The molecule has 0 radical (unpaired) electrons. The second-order valence-electron chi connectivity index (χ2n) is 4.37. The number of carbonyl (C=O) groups excluding carboxylic acids is 1. The van der Waals surface area contributed by atoms with Crippen LogP contribution in [0.4, 0.5) is 8.78 Å². The second-order valence-corrected chi connectivity index (χ2v) is 5.23. The van der Waals surface area contributed by atoms with Crippen molar-refractivity contribution in [1.82, 2.24) is 0 Å². The van der Waals surface area contributed by atoms with Crippen LogP contribution in [0.15, 0.2) is 40.9 Å². The van der Waals surface area contributed by atoms with Gasteiger partial charge in [0.05, 0.1) is 6.61 Å². The number of rotatable bonds is 5. The summed E-state index contributed by atoms with van der Waals surface area (Å²) in [7, 11) is 0. The number of hydrogen-bond donors (Lipinski definition) is 0. The number of Topliss-reactive ketones (excluding diaryl/α,β-unsaturated/α-hetero) is 1. The van der Waals surface area contributed by atoms with Gasteiger partial charge in [0.25, 0.3) is 0 Å². The molecule has 110 valence electrons. The molecule has 0 atom stereocenters. The highest BCUT2D eigenvalue weighted by molar-refractivity contribution is 9.10. The lowest BCUT2D eigenvalue weighted by molar-refractivity contribution is 0.0990. The number of hydrogen-bond acceptors (Lipinski definition) is 2. The summed E-state index contributed by atoms with van der Waals surface area (Å²) in [6.07, 6.45) is -0.328. The zero-order valence-electron chi connectivity index (χ0n) is 11.3. The molecule has 0 fully saturated rings. The van der Waals surface area contributed by atoms with Gasteiger partial charge in [0.2, 0.25) is 0 Å². The SMILES string of the molecule is CCOc1ccc(C(=O)Cc2c(F)cccc2F)c(Br)c1. The van der Waals surface area contributed by atoms with E-state index in [2.05, 4.69) is 15.9 Å². The van der Waals surface area contributed by atoms with Crippen LogP contribution in [0.2, 0.25) is 0 Å². The average molecular weight is 355 g/mol. The van der Waals surface area contributed by atoms with Crippen molar-refractivity contribution in [3.63, 3.8) is 0 Å². The predicted molar refractivity (Wildman–Crippen MR) is 79.7 cm³/mol. The van der Waals surface area contributed by atoms with Crippen LogP contribution in [0.3, 0.4) is 0 Å². The molecule has 0 spiro atoms. The quantitative estimate of drug-likeness (QED) is 0.736. The number of ketones is 1. The molecule has 21 heavy (non-hydrogen) atoms. The fraction of sp³-hybridized carbons (Fsp3) is 0.188. The van der Waals surface area contributed by atoms with E-state index >= 15 is 0 Å². The zero-order chi connectivity index (χ0) is 15.4. The Bertz CT molecular complexity index is 651. The minimum atomic E-state index is -0.717. The van der Waals surface area contributed by atoms with Crippen molar-refractivity contribution in [2.45, 2.75) is 13.3 Å². The Morgan fingerprint density at radius 2 is 1.86 bits per heavy atom. The van der Waals surface area contributed by atoms with Crippen molar-refractivity contribution in [3.05, 3.63) is 63.6 Å². The molecule has 2 nitrogen and oxygen atoms in total. The van der Waals surface area contributed by atoms with E-state index in [1.54, 1.807) is 18.2 Å². The summed E-state index contributed by atoms with van der Waals surface area (Å²) >= 11 is 3.28. The smallest absolute Gasteiger partial charge is 0.168 e. The molecular weight excluding hydrogens is 342 g/mol. The largest absolute Gasteiger partial charge is 0.494 e. The summed E-state index contributed by atoms with van der Waals surface area (Å²) in [6.45, 7) is 2.37. The Morgan fingerprint density at radius 3 is 2.43 bits per heavy atom. The van der Waals surface area contributed by atoms with E-state index in [9.17, 15) is 13.6 Å². The molecule has 2 rings (SSSR count). The summed E-state index contributed by atoms with van der Waals surface area (Å²) < 4.78 is 33.0. The van der Waals surface area contributed by atoms with Gasteiger partial charge in [0.1, 0.15) is 17.4 Å². The normalized spacial score (nSPS) is 10.5. The van der Waals surface area contributed by atoms with Crippen LogP contribution in [0.25, 0.3) is 0 Å². The molecule has 0 aliphatic heterocycles. The molecular formula is C16H13BrF2O2. The maximum atomic E-state index is 13.6. The van der Waals surface area contributed by atoms with E-state index in [1.807, 2.05) is 6.92 Å². The van der Waals surface area contributed by atoms with Gasteiger partial charge < -0.3 is 4.74 Å². The maximum Gasteiger partial charge on any atom is 0.168 e. The van der Waals surface area contributed by atoms with E-state index in [0.717, 1.165) is 12.1 Å². The van der Waals surface area contributed by atoms with E-state index in [1.165, 1.54) is 6.07 Å². The van der Waals surface area contributed by atoms with Crippen LogP contribution >= 0.6 is 15.9 Å². The van der Waals surface area contributed by atoms with Gasteiger partial charge in [0, 0.05) is 22.0 Å². The number of benzene rings is 2. The first kappa shape index (κ1) is 15.6. The van der Waals surface area contributed by atoms with Gasteiger partial charge in [0.15, 0.2) is 5.78 Å². The Hall–Kier alpha value is -1.75. The molecule has 0 aliphatic carbocycles. The van der Waals surface area contributed by atoms with Gasteiger partial charge in [-0.05, 0) is 53.2 Å². The first-order chi connectivity index (χ1) is 10.0.